The van der Waals surface area contributed by atoms with Crippen molar-refractivity contribution in [2.75, 3.05) is 36.4 Å². The first-order chi connectivity index (χ1) is 16.3. The number of halogens is 2. The minimum absolute atomic E-state index is 0.0443. The van der Waals surface area contributed by atoms with Crippen LogP contribution in [0.2, 0.25) is 10.0 Å². The van der Waals surface area contributed by atoms with Gasteiger partial charge < -0.3 is 15.1 Å². The second-order valence-electron chi connectivity index (χ2n) is 8.16. The molecule has 0 saturated carbocycles. The number of hydrogen-bond acceptors (Lipinski definition) is 4. The molecule has 3 aromatic rings. The lowest BCUT2D eigenvalue weighted by Crippen LogP contribution is -2.49. The van der Waals surface area contributed by atoms with Crippen LogP contribution in [0.3, 0.4) is 0 Å². The molecular weight excluding hydrogens is 489 g/mol. The van der Waals surface area contributed by atoms with Crippen LogP contribution in [0.25, 0.3) is 0 Å². The Bertz CT molecular complexity index is 1210. The zero-order valence-electron chi connectivity index (χ0n) is 19.0. The topological polar surface area (TPSA) is 52.7 Å². The number of anilines is 2. The predicted octanol–water partition coefficient (Wildman–Crippen LogP) is 6.37. The van der Waals surface area contributed by atoms with E-state index in [0.29, 0.717) is 34.4 Å². The minimum atomic E-state index is -0.187. The third-order valence-electron chi connectivity index (χ3n) is 5.66. The van der Waals surface area contributed by atoms with Gasteiger partial charge in [-0.1, -0.05) is 41.0 Å². The van der Waals surface area contributed by atoms with Crippen LogP contribution >= 0.6 is 35.0 Å². The van der Waals surface area contributed by atoms with Gasteiger partial charge in [0.2, 0.25) is 5.91 Å². The molecule has 34 heavy (non-hydrogen) atoms. The third kappa shape index (κ3) is 5.87. The highest BCUT2D eigenvalue weighted by Crippen LogP contribution is 2.35. The molecule has 0 aromatic heterocycles. The average Bonchev–Trinajstić information content (AvgIpc) is 2.82. The molecule has 1 heterocycles. The molecule has 0 unspecified atom stereocenters. The first kappa shape index (κ1) is 24.5. The van der Waals surface area contributed by atoms with Crippen LogP contribution < -0.4 is 10.2 Å². The fourth-order valence-electron chi connectivity index (χ4n) is 3.93. The summed E-state index contributed by atoms with van der Waals surface area (Å²) < 4.78 is 0. The molecule has 8 heteroatoms. The van der Waals surface area contributed by atoms with Crippen LogP contribution in [-0.4, -0.2) is 42.9 Å². The zero-order valence-corrected chi connectivity index (χ0v) is 21.3. The summed E-state index contributed by atoms with van der Waals surface area (Å²) in [6, 6.07) is 18.8. The molecular formula is C26H25Cl2N3O2S. The van der Waals surface area contributed by atoms with Crippen LogP contribution in [0.5, 0.6) is 0 Å². The van der Waals surface area contributed by atoms with Gasteiger partial charge in [0, 0.05) is 64.2 Å². The molecule has 0 bridgehead atoms. The number of piperazine rings is 1. The number of nitrogens with zero attached hydrogens (tertiary/aromatic N) is 2. The van der Waals surface area contributed by atoms with E-state index in [1.807, 2.05) is 59.5 Å². The van der Waals surface area contributed by atoms with E-state index in [0.717, 1.165) is 34.1 Å². The maximum atomic E-state index is 13.3. The van der Waals surface area contributed by atoms with E-state index in [-0.39, 0.29) is 11.8 Å². The smallest absolute Gasteiger partial charge is 0.254 e. The Balaban J connectivity index is 1.49. The van der Waals surface area contributed by atoms with Gasteiger partial charge in [0.1, 0.15) is 0 Å². The van der Waals surface area contributed by atoms with Gasteiger partial charge in [-0.3, -0.25) is 9.59 Å². The lowest BCUT2D eigenvalue weighted by molar-refractivity contribution is -0.114. The average molecular weight is 514 g/mol. The summed E-state index contributed by atoms with van der Waals surface area (Å²) in [4.78, 5) is 31.0. The van der Waals surface area contributed by atoms with Crippen molar-refractivity contribution < 1.29 is 9.59 Å². The van der Waals surface area contributed by atoms with Crippen molar-refractivity contribution in [3.63, 3.8) is 0 Å². The molecule has 3 aromatic carbocycles. The number of amides is 2. The van der Waals surface area contributed by atoms with E-state index < -0.39 is 0 Å². The van der Waals surface area contributed by atoms with E-state index >= 15 is 0 Å². The quantitative estimate of drug-likeness (QED) is 0.430. The number of carbonyl (C=O) groups excluding carboxylic acids is 2. The summed E-state index contributed by atoms with van der Waals surface area (Å²) >= 11 is 13.7. The molecule has 0 atom stereocenters. The van der Waals surface area contributed by atoms with Gasteiger partial charge in [0.15, 0.2) is 0 Å². The first-order valence-electron chi connectivity index (χ1n) is 11.0. The van der Waals surface area contributed by atoms with Crippen molar-refractivity contribution in [1.82, 2.24) is 4.90 Å². The Hall–Kier alpha value is -2.67. The van der Waals surface area contributed by atoms with Crippen molar-refractivity contribution >= 4 is 58.2 Å². The van der Waals surface area contributed by atoms with Crippen LogP contribution in [0, 0.1) is 6.92 Å². The maximum absolute atomic E-state index is 13.3. The SMILES string of the molecule is CC(=O)Nc1cc(C(=O)N2CCN(c3cc(Cl)ccc3C)CC2)ccc1Sc1ccc(Cl)cc1. The molecule has 1 N–H and O–H groups in total. The van der Waals surface area contributed by atoms with Gasteiger partial charge in [-0.05, 0) is 67.1 Å². The van der Waals surface area contributed by atoms with E-state index in [1.54, 1.807) is 6.07 Å². The second kappa shape index (κ2) is 10.7. The molecule has 176 valence electrons. The monoisotopic (exact) mass is 513 g/mol. The van der Waals surface area contributed by atoms with Crippen LogP contribution in [0.4, 0.5) is 11.4 Å². The summed E-state index contributed by atoms with van der Waals surface area (Å²) in [5.74, 6) is -0.231. The van der Waals surface area contributed by atoms with E-state index in [4.69, 9.17) is 23.2 Å². The van der Waals surface area contributed by atoms with E-state index in [9.17, 15) is 9.59 Å². The van der Waals surface area contributed by atoms with Crippen LogP contribution in [-0.2, 0) is 4.79 Å². The highest BCUT2D eigenvalue weighted by molar-refractivity contribution is 7.99. The van der Waals surface area contributed by atoms with Crippen LogP contribution in [0.1, 0.15) is 22.8 Å². The number of rotatable bonds is 5. The Labute approximate surface area is 214 Å². The molecule has 2 amide bonds. The zero-order chi connectivity index (χ0) is 24.2. The molecule has 0 aliphatic carbocycles. The Kier molecular flexibility index (Phi) is 7.71. The van der Waals surface area contributed by atoms with Gasteiger partial charge in [0.05, 0.1) is 5.69 Å². The number of benzene rings is 3. The Morgan fingerprint density at radius 3 is 2.24 bits per heavy atom. The summed E-state index contributed by atoms with van der Waals surface area (Å²) in [5.41, 5.74) is 3.44. The lowest BCUT2D eigenvalue weighted by atomic mass is 10.1. The van der Waals surface area contributed by atoms with Crippen molar-refractivity contribution in [1.29, 1.82) is 0 Å². The van der Waals surface area contributed by atoms with Gasteiger partial charge >= 0.3 is 0 Å². The summed E-state index contributed by atoms with van der Waals surface area (Å²) in [6.45, 7) is 6.22. The Morgan fingerprint density at radius 2 is 1.56 bits per heavy atom. The molecule has 1 fully saturated rings. The van der Waals surface area contributed by atoms with Crippen molar-refractivity contribution in [3.8, 4) is 0 Å². The lowest BCUT2D eigenvalue weighted by Gasteiger charge is -2.37. The van der Waals surface area contributed by atoms with Gasteiger partial charge in [-0.15, -0.1) is 0 Å². The summed E-state index contributed by atoms with van der Waals surface area (Å²) in [6.07, 6.45) is 0. The minimum Gasteiger partial charge on any atom is -0.368 e. The molecule has 4 rings (SSSR count). The van der Waals surface area contributed by atoms with Crippen molar-refractivity contribution in [2.45, 2.75) is 23.6 Å². The predicted molar refractivity (Wildman–Crippen MR) is 141 cm³/mol. The largest absolute Gasteiger partial charge is 0.368 e. The maximum Gasteiger partial charge on any atom is 0.254 e. The highest BCUT2D eigenvalue weighted by Gasteiger charge is 2.24. The standard InChI is InChI=1S/C26H25Cl2N3O2S/c1-17-3-5-21(28)16-24(17)30-11-13-31(14-12-30)26(33)19-4-10-25(23(15-19)29-18(2)32)34-22-8-6-20(27)7-9-22/h3-10,15-16H,11-14H2,1-2H3,(H,29,32). The van der Waals surface area contributed by atoms with Crippen molar-refractivity contribution in [3.05, 3.63) is 81.8 Å². The molecule has 1 saturated heterocycles. The molecule has 1 aliphatic heterocycles. The van der Waals surface area contributed by atoms with Gasteiger partial charge in [0.25, 0.3) is 5.91 Å². The molecule has 5 nitrogen and oxygen atoms in total. The van der Waals surface area contributed by atoms with E-state index in [1.165, 1.54) is 18.7 Å². The second-order valence-corrected chi connectivity index (χ2v) is 10.1. The van der Waals surface area contributed by atoms with Gasteiger partial charge in [-0.2, -0.15) is 0 Å². The number of hydrogen-bond donors (Lipinski definition) is 1. The molecule has 1 aliphatic rings. The third-order valence-corrected chi connectivity index (χ3v) is 7.23. The normalized spacial score (nSPS) is 13.6. The Morgan fingerprint density at radius 1 is 0.882 bits per heavy atom. The molecule has 0 spiro atoms. The fourth-order valence-corrected chi connectivity index (χ4v) is 5.10. The first-order valence-corrected chi connectivity index (χ1v) is 12.5. The highest BCUT2D eigenvalue weighted by atomic mass is 35.5. The van der Waals surface area contributed by atoms with Crippen molar-refractivity contribution in [2.24, 2.45) is 0 Å². The van der Waals surface area contributed by atoms with Gasteiger partial charge in [-0.25, -0.2) is 0 Å². The summed E-state index contributed by atoms with van der Waals surface area (Å²) in [5, 5.41) is 4.24. The van der Waals surface area contributed by atoms with Crippen LogP contribution in [0.15, 0.2) is 70.5 Å². The van der Waals surface area contributed by atoms with E-state index in [2.05, 4.69) is 17.1 Å². The fraction of sp³-hybridized carbons (Fsp3) is 0.231. The number of aryl methyl sites for hydroxylation is 1. The summed E-state index contributed by atoms with van der Waals surface area (Å²) in [7, 11) is 0. The number of nitrogens with one attached hydrogen (secondary N) is 1. The molecule has 0 radical (unpaired) electrons. The number of carbonyl (C=O) groups is 2.